The topological polar surface area (TPSA) is 66.0 Å². The third-order valence-electron chi connectivity index (χ3n) is 3.54. The number of nitrogens with one attached hydrogen (secondary N) is 2. The minimum absolute atomic E-state index is 0.109. The van der Waals surface area contributed by atoms with Crippen molar-refractivity contribution in [3.05, 3.63) is 54.0 Å². The number of urea groups is 1. The largest absolute Gasteiger partial charge is 0.357 e. The van der Waals surface area contributed by atoms with Gasteiger partial charge in [0.25, 0.3) is 0 Å². The van der Waals surface area contributed by atoms with Crippen molar-refractivity contribution < 1.29 is 4.79 Å². The van der Waals surface area contributed by atoms with Gasteiger partial charge in [-0.25, -0.2) is 4.79 Å². The van der Waals surface area contributed by atoms with Crippen LogP contribution in [0.15, 0.2) is 42.7 Å². The van der Waals surface area contributed by atoms with Crippen LogP contribution in [0.4, 0.5) is 4.79 Å². The minimum Gasteiger partial charge on any atom is -0.357 e. The van der Waals surface area contributed by atoms with E-state index in [1.807, 2.05) is 37.5 Å². The number of nitrogens with zero attached hydrogens (tertiary/aromatic N) is 3. The van der Waals surface area contributed by atoms with Gasteiger partial charge < -0.3 is 15.2 Å². The molecule has 0 aliphatic carbocycles. The summed E-state index contributed by atoms with van der Waals surface area (Å²) in [6.45, 7) is 1.01. The van der Waals surface area contributed by atoms with Crippen molar-refractivity contribution in [2.75, 3.05) is 7.05 Å². The van der Waals surface area contributed by atoms with Crippen LogP contribution >= 0.6 is 0 Å². The van der Waals surface area contributed by atoms with E-state index in [1.54, 1.807) is 22.8 Å². The fourth-order valence-electron chi connectivity index (χ4n) is 2.43. The highest BCUT2D eigenvalue weighted by Gasteiger charge is 2.10. The number of hydrogen-bond donors (Lipinski definition) is 2. The van der Waals surface area contributed by atoms with E-state index in [4.69, 9.17) is 0 Å². The molecule has 0 aliphatic heterocycles. The van der Waals surface area contributed by atoms with Crippen molar-refractivity contribution >= 4 is 16.9 Å². The summed E-state index contributed by atoms with van der Waals surface area (Å²) in [5, 5.41) is 8.16. The number of rotatable bonds is 4. The summed E-state index contributed by atoms with van der Waals surface area (Å²) < 4.78 is 1.73. The molecule has 1 aromatic carbocycles. The van der Waals surface area contributed by atoms with Gasteiger partial charge in [-0.1, -0.05) is 18.2 Å². The third-order valence-corrected chi connectivity index (χ3v) is 3.54. The number of aromatic nitrogens is 3. The first-order valence-corrected chi connectivity index (χ1v) is 7.15. The molecule has 2 aromatic heterocycles. The van der Waals surface area contributed by atoms with Gasteiger partial charge in [0.05, 0.1) is 19.3 Å². The fourth-order valence-corrected chi connectivity index (χ4v) is 2.43. The highest BCUT2D eigenvalue weighted by atomic mass is 16.2. The van der Waals surface area contributed by atoms with Gasteiger partial charge in [-0.05, 0) is 17.5 Å². The molecule has 0 fully saturated rings. The number of aromatic amines is 1. The number of aryl methyl sites for hydroxylation is 1. The van der Waals surface area contributed by atoms with Gasteiger partial charge in [-0.3, -0.25) is 4.68 Å². The van der Waals surface area contributed by atoms with Crippen LogP contribution in [0.25, 0.3) is 10.9 Å². The van der Waals surface area contributed by atoms with E-state index in [2.05, 4.69) is 21.5 Å². The van der Waals surface area contributed by atoms with E-state index in [1.165, 1.54) is 0 Å². The van der Waals surface area contributed by atoms with Crippen LogP contribution in [0.1, 0.15) is 11.3 Å². The number of carbonyl (C=O) groups is 1. The smallest absolute Gasteiger partial charge is 0.317 e. The summed E-state index contributed by atoms with van der Waals surface area (Å²) in [7, 11) is 3.63. The minimum atomic E-state index is -0.109. The van der Waals surface area contributed by atoms with E-state index in [0.29, 0.717) is 13.1 Å². The molecule has 0 bridgehead atoms. The third kappa shape index (κ3) is 3.11. The molecule has 22 heavy (non-hydrogen) atoms. The molecule has 0 unspecified atom stereocenters. The first-order valence-electron chi connectivity index (χ1n) is 7.15. The summed E-state index contributed by atoms with van der Waals surface area (Å²) in [5.74, 6) is 0. The highest BCUT2D eigenvalue weighted by Crippen LogP contribution is 2.14. The van der Waals surface area contributed by atoms with Gasteiger partial charge in [0, 0.05) is 37.1 Å². The van der Waals surface area contributed by atoms with Crippen molar-refractivity contribution in [1.29, 1.82) is 0 Å². The second-order valence-electron chi connectivity index (χ2n) is 5.42. The van der Waals surface area contributed by atoms with Crippen LogP contribution in [0.5, 0.6) is 0 Å². The zero-order chi connectivity index (χ0) is 15.5. The summed E-state index contributed by atoms with van der Waals surface area (Å²) in [5.41, 5.74) is 3.07. The normalized spacial score (nSPS) is 10.8. The molecule has 114 valence electrons. The second-order valence-corrected chi connectivity index (χ2v) is 5.42. The van der Waals surface area contributed by atoms with Gasteiger partial charge in [0.1, 0.15) is 0 Å². The monoisotopic (exact) mass is 297 g/mol. The van der Waals surface area contributed by atoms with Crippen LogP contribution in [-0.2, 0) is 20.1 Å². The highest BCUT2D eigenvalue weighted by molar-refractivity contribution is 5.80. The predicted molar refractivity (Wildman–Crippen MR) is 85.2 cm³/mol. The lowest BCUT2D eigenvalue weighted by molar-refractivity contribution is 0.206. The number of amides is 2. The number of benzene rings is 1. The lowest BCUT2D eigenvalue weighted by Gasteiger charge is -2.16. The number of hydrogen-bond acceptors (Lipinski definition) is 2. The molecule has 0 atom stereocenters. The van der Waals surface area contributed by atoms with Crippen molar-refractivity contribution in [3.8, 4) is 0 Å². The molecule has 2 heterocycles. The molecule has 2 N–H and O–H groups in total. The molecule has 3 aromatic rings. The quantitative estimate of drug-likeness (QED) is 0.775. The Kier molecular flexibility index (Phi) is 3.82. The van der Waals surface area contributed by atoms with E-state index in [9.17, 15) is 4.79 Å². The molecule has 3 rings (SSSR count). The van der Waals surface area contributed by atoms with Crippen LogP contribution in [-0.4, -0.2) is 32.7 Å². The first-order chi connectivity index (χ1) is 10.6. The van der Waals surface area contributed by atoms with Crippen molar-refractivity contribution in [2.45, 2.75) is 13.1 Å². The Balaban J connectivity index is 1.57. The molecular weight excluding hydrogens is 278 g/mol. The Bertz CT molecular complexity index is 756. The predicted octanol–water partition coefficient (Wildman–Crippen LogP) is 2.24. The Morgan fingerprint density at radius 1 is 1.41 bits per heavy atom. The molecule has 0 aliphatic rings. The van der Waals surface area contributed by atoms with Crippen LogP contribution < -0.4 is 5.32 Å². The molecule has 0 saturated heterocycles. The Morgan fingerprint density at radius 3 is 2.95 bits per heavy atom. The molecule has 0 spiro atoms. The number of H-pyrrole nitrogens is 1. The average Bonchev–Trinajstić information content (AvgIpc) is 3.10. The van der Waals surface area contributed by atoms with Gasteiger partial charge in [-0.2, -0.15) is 5.10 Å². The maximum Gasteiger partial charge on any atom is 0.317 e. The second kappa shape index (κ2) is 5.93. The van der Waals surface area contributed by atoms with Gasteiger partial charge >= 0.3 is 6.03 Å². The van der Waals surface area contributed by atoms with E-state index in [0.717, 1.165) is 22.2 Å². The Hall–Kier alpha value is -2.76. The summed E-state index contributed by atoms with van der Waals surface area (Å²) >= 11 is 0. The fraction of sp³-hybridized carbons (Fsp3) is 0.250. The molecule has 0 saturated carbocycles. The Labute approximate surface area is 128 Å². The van der Waals surface area contributed by atoms with Gasteiger partial charge in [-0.15, -0.1) is 0 Å². The van der Waals surface area contributed by atoms with Gasteiger partial charge in [0.15, 0.2) is 0 Å². The van der Waals surface area contributed by atoms with Crippen LogP contribution in [0, 0.1) is 0 Å². The SMILES string of the molecule is CN(Cc1cnn(C)c1)C(=O)NCc1cc2ccccc2[nH]1. The molecule has 0 radical (unpaired) electrons. The summed E-state index contributed by atoms with van der Waals surface area (Å²) in [6.07, 6.45) is 3.67. The van der Waals surface area contributed by atoms with Crippen molar-refractivity contribution in [3.63, 3.8) is 0 Å². The van der Waals surface area contributed by atoms with Crippen molar-refractivity contribution in [1.82, 2.24) is 25.0 Å². The van der Waals surface area contributed by atoms with Crippen molar-refractivity contribution in [2.24, 2.45) is 7.05 Å². The maximum absolute atomic E-state index is 12.1. The summed E-state index contributed by atoms with van der Waals surface area (Å²) in [4.78, 5) is 17.1. The van der Waals surface area contributed by atoms with Crippen LogP contribution in [0.2, 0.25) is 0 Å². The number of carbonyl (C=O) groups excluding carboxylic acids is 1. The molecule has 6 nitrogen and oxygen atoms in total. The maximum atomic E-state index is 12.1. The number of para-hydroxylation sites is 1. The average molecular weight is 297 g/mol. The Morgan fingerprint density at radius 2 is 2.23 bits per heavy atom. The molecular formula is C16H19N5O. The lowest BCUT2D eigenvalue weighted by atomic mass is 10.2. The zero-order valence-electron chi connectivity index (χ0n) is 12.7. The van der Waals surface area contributed by atoms with E-state index >= 15 is 0 Å². The summed E-state index contributed by atoms with van der Waals surface area (Å²) in [6, 6.07) is 10.0. The van der Waals surface area contributed by atoms with Gasteiger partial charge in [0.2, 0.25) is 0 Å². The van der Waals surface area contributed by atoms with E-state index in [-0.39, 0.29) is 6.03 Å². The molecule has 2 amide bonds. The molecule has 6 heteroatoms. The first kappa shape index (κ1) is 14.2. The zero-order valence-corrected chi connectivity index (χ0v) is 12.7. The number of fused-ring (bicyclic) bond motifs is 1. The standard InChI is InChI=1S/C16H19N5O/c1-20(10-12-8-18-21(2)11-12)16(22)17-9-14-7-13-5-3-4-6-15(13)19-14/h3-8,11,19H,9-10H2,1-2H3,(H,17,22). The van der Waals surface area contributed by atoms with Crippen LogP contribution in [0.3, 0.4) is 0 Å². The van der Waals surface area contributed by atoms with E-state index < -0.39 is 0 Å². The lowest BCUT2D eigenvalue weighted by Crippen LogP contribution is -2.36.